The van der Waals surface area contributed by atoms with Crippen molar-refractivity contribution >= 4 is 11.6 Å². The van der Waals surface area contributed by atoms with E-state index in [1.165, 1.54) is 0 Å². The van der Waals surface area contributed by atoms with E-state index in [1.807, 2.05) is 30.7 Å². The van der Waals surface area contributed by atoms with Gasteiger partial charge in [0.15, 0.2) is 0 Å². The Morgan fingerprint density at radius 2 is 2.25 bits per heavy atom. The highest BCUT2D eigenvalue weighted by Crippen LogP contribution is 2.12. The Hall–Kier alpha value is -2.30. The molecule has 2 N–H and O–H groups in total. The molecule has 0 aliphatic carbocycles. The van der Waals surface area contributed by atoms with Gasteiger partial charge in [0.2, 0.25) is 0 Å². The molecule has 5 heteroatoms. The molecule has 1 amide bonds. The zero-order chi connectivity index (χ0) is 14.4. The van der Waals surface area contributed by atoms with Crippen LogP contribution in [0.2, 0.25) is 0 Å². The number of carbonyl (C=O) groups is 1. The van der Waals surface area contributed by atoms with Gasteiger partial charge in [0.25, 0.3) is 5.91 Å². The molecule has 0 saturated heterocycles. The van der Waals surface area contributed by atoms with Gasteiger partial charge in [-0.25, -0.2) is 4.98 Å². The number of nitrogens with zero attached hydrogens (tertiary/aromatic N) is 2. The molecule has 0 radical (unpaired) electrons. The summed E-state index contributed by atoms with van der Waals surface area (Å²) in [4.78, 5) is 15.8. The summed E-state index contributed by atoms with van der Waals surface area (Å²) in [6.07, 6.45) is 4.79. The number of nitrogens with one attached hydrogen (secondary N) is 2. The highest BCUT2D eigenvalue weighted by Gasteiger charge is 2.05. The number of benzene rings is 1. The van der Waals surface area contributed by atoms with Crippen LogP contribution in [0.1, 0.15) is 29.4 Å². The fraction of sp³-hybridized carbons (Fsp3) is 0.333. The Morgan fingerprint density at radius 3 is 3.00 bits per heavy atom. The monoisotopic (exact) mass is 272 g/mol. The van der Waals surface area contributed by atoms with Crippen LogP contribution in [0, 0.1) is 0 Å². The number of rotatable bonds is 6. The van der Waals surface area contributed by atoms with Crippen molar-refractivity contribution in [2.45, 2.75) is 26.4 Å². The molecule has 106 valence electrons. The Bertz CT molecular complexity index is 577. The van der Waals surface area contributed by atoms with Gasteiger partial charge in [-0.05, 0) is 24.6 Å². The number of aromatic nitrogens is 2. The number of anilines is 1. The van der Waals surface area contributed by atoms with Gasteiger partial charge in [-0.1, -0.05) is 13.0 Å². The number of aryl methyl sites for hydroxylation is 1. The van der Waals surface area contributed by atoms with Gasteiger partial charge in [-0.15, -0.1) is 0 Å². The van der Waals surface area contributed by atoms with E-state index in [0.717, 1.165) is 24.3 Å². The molecule has 0 spiro atoms. The summed E-state index contributed by atoms with van der Waals surface area (Å²) in [5.74, 6) is -0.0790. The van der Waals surface area contributed by atoms with Crippen LogP contribution in [-0.2, 0) is 13.1 Å². The number of hydrogen-bond donors (Lipinski definition) is 2. The van der Waals surface area contributed by atoms with Gasteiger partial charge < -0.3 is 15.2 Å². The topological polar surface area (TPSA) is 59.0 Å². The average molecular weight is 272 g/mol. The maximum absolute atomic E-state index is 11.6. The maximum atomic E-state index is 11.6. The van der Waals surface area contributed by atoms with Crippen LogP contribution in [0.15, 0.2) is 36.8 Å². The zero-order valence-corrected chi connectivity index (χ0v) is 11.9. The van der Waals surface area contributed by atoms with Crippen molar-refractivity contribution in [1.82, 2.24) is 14.9 Å². The van der Waals surface area contributed by atoms with Crippen molar-refractivity contribution in [3.8, 4) is 0 Å². The minimum absolute atomic E-state index is 0.0790. The van der Waals surface area contributed by atoms with Crippen LogP contribution >= 0.6 is 0 Å². The maximum Gasteiger partial charge on any atom is 0.251 e. The van der Waals surface area contributed by atoms with E-state index in [2.05, 4.69) is 27.1 Å². The van der Waals surface area contributed by atoms with E-state index >= 15 is 0 Å². The molecule has 1 aromatic heterocycles. The Morgan fingerprint density at radius 1 is 1.40 bits per heavy atom. The molecule has 0 bridgehead atoms. The number of imidazole rings is 1. The smallest absolute Gasteiger partial charge is 0.251 e. The van der Waals surface area contributed by atoms with Gasteiger partial charge in [0.1, 0.15) is 0 Å². The van der Waals surface area contributed by atoms with E-state index in [4.69, 9.17) is 0 Å². The number of carbonyl (C=O) groups excluding carboxylic acids is 1. The van der Waals surface area contributed by atoms with Crippen molar-refractivity contribution in [3.05, 3.63) is 48.0 Å². The third-order valence-corrected chi connectivity index (χ3v) is 3.09. The Kier molecular flexibility index (Phi) is 4.76. The van der Waals surface area contributed by atoms with Crippen LogP contribution in [-0.4, -0.2) is 22.5 Å². The fourth-order valence-corrected chi connectivity index (χ4v) is 2.04. The van der Waals surface area contributed by atoms with Crippen molar-refractivity contribution in [1.29, 1.82) is 0 Å². The van der Waals surface area contributed by atoms with Crippen LogP contribution in [0.5, 0.6) is 0 Å². The zero-order valence-electron chi connectivity index (χ0n) is 11.9. The highest BCUT2D eigenvalue weighted by atomic mass is 16.1. The second kappa shape index (κ2) is 6.75. The Balaban J connectivity index is 2.03. The molecule has 1 heterocycles. The molecule has 1 aromatic carbocycles. The summed E-state index contributed by atoms with van der Waals surface area (Å²) >= 11 is 0. The summed E-state index contributed by atoms with van der Waals surface area (Å²) in [7, 11) is 1.63. The van der Waals surface area contributed by atoms with E-state index in [1.54, 1.807) is 13.1 Å². The molecule has 2 aromatic rings. The molecule has 0 atom stereocenters. The summed E-state index contributed by atoms with van der Waals surface area (Å²) in [6, 6.07) is 7.47. The Labute approximate surface area is 119 Å². The second-order valence-electron chi connectivity index (χ2n) is 4.59. The lowest BCUT2D eigenvalue weighted by molar-refractivity contribution is 0.0963. The molecule has 2 rings (SSSR count). The van der Waals surface area contributed by atoms with Gasteiger partial charge >= 0.3 is 0 Å². The molecule has 0 unspecified atom stereocenters. The first-order chi connectivity index (χ1) is 9.74. The van der Waals surface area contributed by atoms with E-state index in [0.29, 0.717) is 12.1 Å². The van der Waals surface area contributed by atoms with Crippen molar-refractivity contribution in [2.24, 2.45) is 0 Å². The molecule has 0 aliphatic rings. The van der Waals surface area contributed by atoms with Gasteiger partial charge in [-0.3, -0.25) is 4.79 Å². The van der Waals surface area contributed by atoms with Crippen molar-refractivity contribution < 1.29 is 4.79 Å². The van der Waals surface area contributed by atoms with Crippen LogP contribution in [0.4, 0.5) is 5.69 Å². The van der Waals surface area contributed by atoms with Crippen LogP contribution in [0.3, 0.4) is 0 Å². The first-order valence-corrected chi connectivity index (χ1v) is 6.79. The molecule has 0 saturated carbocycles. The lowest BCUT2D eigenvalue weighted by Crippen LogP contribution is -2.17. The predicted molar refractivity (Wildman–Crippen MR) is 79.7 cm³/mol. The van der Waals surface area contributed by atoms with E-state index in [-0.39, 0.29) is 5.91 Å². The van der Waals surface area contributed by atoms with Crippen molar-refractivity contribution in [2.75, 3.05) is 12.4 Å². The first kappa shape index (κ1) is 14.1. The largest absolute Gasteiger partial charge is 0.379 e. The van der Waals surface area contributed by atoms with Gasteiger partial charge in [0, 0.05) is 31.0 Å². The molecule has 20 heavy (non-hydrogen) atoms. The minimum Gasteiger partial charge on any atom is -0.379 e. The summed E-state index contributed by atoms with van der Waals surface area (Å²) in [5.41, 5.74) is 2.71. The van der Waals surface area contributed by atoms with Crippen molar-refractivity contribution in [3.63, 3.8) is 0 Å². The third-order valence-electron chi connectivity index (χ3n) is 3.09. The molecule has 0 aliphatic heterocycles. The van der Waals surface area contributed by atoms with E-state index in [9.17, 15) is 4.79 Å². The lowest BCUT2D eigenvalue weighted by Gasteiger charge is -2.10. The summed E-state index contributed by atoms with van der Waals surface area (Å²) in [5, 5.41) is 5.95. The quantitative estimate of drug-likeness (QED) is 0.848. The normalized spacial score (nSPS) is 10.3. The van der Waals surface area contributed by atoms with Crippen LogP contribution in [0.25, 0.3) is 0 Å². The summed E-state index contributed by atoms with van der Waals surface area (Å²) in [6.45, 7) is 3.80. The van der Waals surface area contributed by atoms with Crippen LogP contribution < -0.4 is 10.6 Å². The predicted octanol–water partition coefficient (Wildman–Crippen LogP) is 2.26. The lowest BCUT2D eigenvalue weighted by atomic mass is 10.2. The molecular formula is C15H20N4O. The third kappa shape index (κ3) is 3.38. The van der Waals surface area contributed by atoms with Gasteiger partial charge in [-0.2, -0.15) is 0 Å². The standard InChI is InChI=1S/C15H20N4O/c1-3-7-19-11-17-9-14(19)10-18-13-6-4-5-12(8-13)15(20)16-2/h4-6,8-9,11,18H,3,7,10H2,1-2H3,(H,16,20). The molecule has 5 nitrogen and oxygen atoms in total. The second-order valence-corrected chi connectivity index (χ2v) is 4.59. The average Bonchev–Trinajstić information content (AvgIpc) is 2.92. The summed E-state index contributed by atoms with van der Waals surface area (Å²) < 4.78 is 2.13. The molecular weight excluding hydrogens is 252 g/mol. The first-order valence-electron chi connectivity index (χ1n) is 6.79. The number of amides is 1. The molecule has 0 fully saturated rings. The SMILES string of the molecule is CCCn1cncc1CNc1cccc(C(=O)NC)c1. The fourth-order valence-electron chi connectivity index (χ4n) is 2.04. The minimum atomic E-state index is -0.0790. The highest BCUT2D eigenvalue weighted by molar-refractivity contribution is 5.94. The van der Waals surface area contributed by atoms with E-state index < -0.39 is 0 Å². The van der Waals surface area contributed by atoms with Gasteiger partial charge in [0.05, 0.1) is 18.6 Å². The number of hydrogen-bond acceptors (Lipinski definition) is 3.